The number of nitrogens with zero attached hydrogens (tertiary/aromatic N) is 3. The van der Waals surface area contributed by atoms with Crippen molar-refractivity contribution in [3.8, 4) is 0 Å². The van der Waals surface area contributed by atoms with Crippen molar-refractivity contribution in [3.05, 3.63) is 40.3 Å². The topological polar surface area (TPSA) is 99.7 Å². The van der Waals surface area contributed by atoms with Crippen molar-refractivity contribution in [1.29, 1.82) is 0 Å². The molecule has 0 spiro atoms. The number of aromatic nitrogens is 1. The highest BCUT2D eigenvalue weighted by Crippen LogP contribution is 2.27. The molecule has 0 bridgehead atoms. The lowest BCUT2D eigenvalue weighted by atomic mass is 10.1. The number of sulfonamides is 1. The van der Waals surface area contributed by atoms with Crippen LogP contribution in [0.4, 0.5) is 5.69 Å². The minimum Gasteiger partial charge on any atom is -0.356 e. The molecule has 2 aromatic rings. The lowest BCUT2D eigenvalue weighted by molar-refractivity contribution is -0.126. The second-order valence-electron chi connectivity index (χ2n) is 8.12. The van der Waals surface area contributed by atoms with Crippen LogP contribution >= 0.6 is 11.3 Å². The average Bonchev–Trinajstić information content (AvgIpc) is 3.39. The van der Waals surface area contributed by atoms with Crippen molar-refractivity contribution < 1.29 is 18.0 Å². The van der Waals surface area contributed by atoms with Gasteiger partial charge >= 0.3 is 0 Å². The number of unbranched alkanes of at least 4 members (excludes halogenated alkanes) is 1. The van der Waals surface area contributed by atoms with Crippen LogP contribution in [0, 0.1) is 12.8 Å². The zero-order valence-corrected chi connectivity index (χ0v) is 21.0. The number of rotatable bonds is 11. The van der Waals surface area contributed by atoms with Crippen molar-refractivity contribution in [1.82, 2.24) is 14.6 Å². The summed E-state index contributed by atoms with van der Waals surface area (Å²) in [6.45, 7) is 7.24. The molecule has 0 saturated carbocycles. The van der Waals surface area contributed by atoms with Gasteiger partial charge in [0.25, 0.3) is 0 Å². The summed E-state index contributed by atoms with van der Waals surface area (Å²) in [5.74, 6) is -0.650. The Hall–Kier alpha value is -2.30. The van der Waals surface area contributed by atoms with E-state index in [0.29, 0.717) is 31.9 Å². The van der Waals surface area contributed by atoms with E-state index in [1.807, 2.05) is 12.3 Å². The second kappa shape index (κ2) is 11.2. The summed E-state index contributed by atoms with van der Waals surface area (Å²) < 4.78 is 26.7. The highest BCUT2D eigenvalue weighted by Gasteiger charge is 2.35. The minimum atomic E-state index is -3.55. The van der Waals surface area contributed by atoms with Gasteiger partial charge in [0.05, 0.1) is 15.8 Å². The molecule has 1 aliphatic heterocycles. The molecule has 1 aromatic carbocycles. The van der Waals surface area contributed by atoms with Crippen LogP contribution in [0.15, 0.2) is 34.5 Å². The number of amides is 2. The Bertz CT molecular complexity index is 1060. The number of thiazole rings is 1. The van der Waals surface area contributed by atoms with Gasteiger partial charge in [-0.15, -0.1) is 11.3 Å². The first-order valence-electron chi connectivity index (χ1n) is 11.4. The number of hydrogen-bond acceptors (Lipinski definition) is 6. The molecule has 0 radical (unpaired) electrons. The fourth-order valence-electron chi connectivity index (χ4n) is 3.92. The van der Waals surface area contributed by atoms with Crippen LogP contribution < -0.4 is 10.2 Å². The summed E-state index contributed by atoms with van der Waals surface area (Å²) in [4.78, 5) is 31.3. The molecule has 1 unspecified atom stereocenters. The fourth-order valence-corrected chi connectivity index (χ4v) is 6.19. The predicted molar refractivity (Wildman–Crippen MR) is 130 cm³/mol. The molecule has 2 amide bonds. The van der Waals surface area contributed by atoms with Gasteiger partial charge in [-0.1, -0.05) is 13.8 Å². The number of nitrogens with one attached hydrogen (secondary N) is 1. The summed E-state index contributed by atoms with van der Waals surface area (Å²) in [7, 11) is -3.55. The van der Waals surface area contributed by atoms with Crippen LogP contribution in [0.25, 0.3) is 0 Å². The Morgan fingerprint density at radius 2 is 1.91 bits per heavy atom. The van der Waals surface area contributed by atoms with Crippen LogP contribution in [0.1, 0.15) is 43.8 Å². The van der Waals surface area contributed by atoms with Gasteiger partial charge in [0.1, 0.15) is 0 Å². The SMILES string of the molecule is CCN(CC)S(=O)(=O)c1ccc(N2CC(C(=O)NCCCCc3nc(C)cs3)CC2=O)cc1. The van der Waals surface area contributed by atoms with Gasteiger partial charge in [0.15, 0.2) is 0 Å². The Balaban J connectivity index is 1.50. The van der Waals surface area contributed by atoms with Crippen molar-refractivity contribution in [2.75, 3.05) is 31.1 Å². The molecule has 180 valence electrons. The van der Waals surface area contributed by atoms with E-state index in [4.69, 9.17) is 0 Å². The largest absolute Gasteiger partial charge is 0.356 e. The fraction of sp³-hybridized carbons (Fsp3) is 0.522. The third-order valence-electron chi connectivity index (χ3n) is 5.77. The lowest BCUT2D eigenvalue weighted by Crippen LogP contribution is -2.33. The molecule has 1 atom stereocenters. The first-order valence-corrected chi connectivity index (χ1v) is 13.7. The Morgan fingerprint density at radius 1 is 1.21 bits per heavy atom. The van der Waals surface area contributed by atoms with Crippen LogP contribution in [0.3, 0.4) is 0 Å². The normalized spacial score (nSPS) is 16.5. The van der Waals surface area contributed by atoms with Gasteiger partial charge in [-0.3, -0.25) is 9.59 Å². The highest BCUT2D eigenvalue weighted by molar-refractivity contribution is 7.89. The quantitative estimate of drug-likeness (QED) is 0.486. The van der Waals surface area contributed by atoms with Crippen molar-refractivity contribution in [2.45, 2.75) is 51.3 Å². The van der Waals surface area contributed by atoms with Crippen LogP contribution in [-0.4, -0.2) is 55.7 Å². The third-order valence-corrected chi connectivity index (χ3v) is 8.86. The van der Waals surface area contributed by atoms with Gasteiger partial charge in [0.2, 0.25) is 21.8 Å². The molecule has 1 aliphatic rings. The molecule has 1 N–H and O–H groups in total. The number of carbonyl (C=O) groups is 2. The molecule has 10 heteroatoms. The molecule has 33 heavy (non-hydrogen) atoms. The minimum absolute atomic E-state index is 0.114. The molecule has 3 rings (SSSR count). The van der Waals surface area contributed by atoms with E-state index >= 15 is 0 Å². The van der Waals surface area contributed by atoms with E-state index < -0.39 is 15.9 Å². The number of anilines is 1. The summed E-state index contributed by atoms with van der Waals surface area (Å²) in [5, 5.41) is 6.10. The second-order valence-corrected chi connectivity index (χ2v) is 11.0. The maximum absolute atomic E-state index is 12.7. The van der Waals surface area contributed by atoms with Crippen LogP contribution in [0.2, 0.25) is 0 Å². The van der Waals surface area contributed by atoms with Crippen LogP contribution in [0.5, 0.6) is 0 Å². The number of carbonyl (C=O) groups excluding carboxylic acids is 2. The van der Waals surface area contributed by atoms with Crippen LogP contribution in [-0.2, 0) is 26.0 Å². The first kappa shape index (κ1) is 25.3. The smallest absolute Gasteiger partial charge is 0.243 e. The maximum Gasteiger partial charge on any atom is 0.243 e. The molecular weight excluding hydrogens is 460 g/mol. The maximum atomic E-state index is 12.7. The monoisotopic (exact) mass is 492 g/mol. The van der Waals surface area contributed by atoms with Gasteiger partial charge in [-0.2, -0.15) is 4.31 Å². The molecule has 8 nitrogen and oxygen atoms in total. The van der Waals surface area contributed by atoms with E-state index in [2.05, 4.69) is 10.3 Å². The molecule has 1 aromatic heterocycles. The number of hydrogen-bond donors (Lipinski definition) is 1. The van der Waals surface area contributed by atoms with Crippen molar-refractivity contribution in [2.24, 2.45) is 5.92 Å². The molecule has 0 aliphatic carbocycles. The Kier molecular flexibility index (Phi) is 8.61. The van der Waals surface area contributed by atoms with E-state index in [1.165, 1.54) is 16.4 Å². The summed E-state index contributed by atoms with van der Waals surface area (Å²) in [5.41, 5.74) is 1.64. The van der Waals surface area contributed by atoms with Gasteiger partial charge in [-0.05, 0) is 50.5 Å². The standard InChI is InChI=1S/C23H32N4O4S2/c1-4-26(5-2)33(30,31)20-11-9-19(10-12-20)27-15-18(14-22(27)28)23(29)24-13-7-6-8-21-25-17(3)16-32-21/h9-12,16,18H,4-8,13-15H2,1-3H3,(H,24,29). The summed E-state index contributed by atoms with van der Waals surface area (Å²) in [6, 6.07) is 6.31. The van der Waals surface area contributed by atoms with E-state index in [9.17, 15) is 18.0 Å². The predicted octanol–water partition coefficient (Wildman–Crippen LogP) is 2.97. The third kappa shape index (κ3) is 6.18. The zero-order chi connectivity index (χ0) is 24.0. The Morgan fingerprint density at radius 3 is 2.52 bits per heavy atom. The van der Waals surface area contributed by atoms with E-state index in [1.54, 1.807) is 42.2 Å². The average molecular weight is 493 g/mol. The summed E-state index contributed by atoms with van der Waals surface area (Å²) >= 11 is 1.66. The van der Waals surface area contributed by atoms with Gasteiger partial charge in [0, 0.05) is 49.4 Å². The lowest BCUT2D eigenvalue weighted by Gasteiger charge is -2.20. The molecule has 1 fully saturated rings. The summed E-state index contributed by atoms with van der Waals surface area (Å²) in [6.07, 6.45) is 2.87. The molecule has 2 heterocycles. The van der Waals surface area contributed by atoms with E-state index in [0.717, 1.165) is 30.0 Å². The number of benzene rings is 1. The highest BCUT2D eigenvalue weighted by atomic mass is 32.2. The van der Waals surface area contributed by atoms with Gasteiger partial charge in [-0.25, -0.2) is 13.4 Å². The molecule has 1 saturated heterocycles. The van der Waals surface area contributed by atoms with Crippen molar-refractivity contribution >= 4 is 38.9 Å². The van der Waals surface area contributed by atoms with E-state index in [-0.39, 0.29) is 23.1 Å². The van der Waals surface area contributed by atoms with Gasteiger partial charge < -0.3 is 10.2 Å². The number of aryl methyl sites for hydroxylation is 2. The Labute approximate surface area is 200 Å². The molecular formula is C23H32N4O4S2. The van der Waals surface area contributed by atoms with Crippen molar-refractivity contribution in [3.63, 3.8) is 0 Å². The first-order chi connectivity index (χ1) is 15.8. The zero-order valence-electron chi connectivity index (χ0n) is 19.4.